The number of hydrogen-bond acceptors (Lipinski definition) is 5. The highest BCUT2D eigenvalue weighted by molar-refractivity contribution is 6.31. The van der Waals surface area contributed by atoms with Crippen molar-refractivity contribution in [1.29, 1.82) is 0 Å². The number of nitrogens with zero attached hydrogens (tertiary/aromatic N) is 1. The Balaban J connectivity index is 2.18. The van der Waals surface area contributed by atoms with Gasteiger partial charge in [0.1, 0.15) is 5.75 Å². The van der Waals surface area contributed by atoms with Crippen molar-refractivity contribution >= 4 is 29.2 Å². The van der Waals surface area contributed by atoms with E-state index in [2.05, 4.69) is 0 Å². The monoisotopic (exact) mass is 347 g/mol. The van der Waals surface area contributed by atoms with Crippen LogP contribution in [0.1, 0.15) is 5.56 Å². The summed E-state index contributed by atoms with van der Waals surface area (Å²) in [6, 6.07) is 10.5. The van der Waals surface area contributed by atoms with Gasteiger partial charge in [-0.15, -0.1) is 0 Å². The lowest BCUT2D eigenvalue weighted by Crippen LogP contribution is -2.53. The number of carboxylic acid groups (broad SMARTS) is 1. The third kappa shape index (κ3) is 2.86. The zero-order valence-electron chi connectivity index (χ0n) is 12.4. The average Bonchev–Trinajstić information content (AvgIpc) is 2.71. The summed E-state index contributed by atoms with van der Waals surface area (Å²) in [5, 5.41) is 9.92. The van der Waals surface area contributed by atoms with E-state index in [0.29, 0.717) is 22.2 Å². The Morgan fingerprint density at radius 2 is 2.00 bits per heavy atom. The Bertz CT molecular complexity index is 812. The number of anilines is 1. The third-order valence-electron chi connectivity index (χ3n) is 3.70. The molecule has 0 spiro atoms. The van der Waals surface area contributed by atoms with Crippen molar-refractivity contribution in [2.24, 2.45) is 5.84 Å². The molecule has 8 heteroatoms. The number of ether oxygens (including phenoxy) is 1. The van der Waals surface area contributed by atoms with Crippen LogP contribution in [-0.2, 0) is 16.1 Å². The van der Waals surface area contributed by atoms with Crippen molar-refractivity contribution < 1.29 is 19.4 Å². The van der Waals surface area contributed by atoms with E-state index in [1.807, 2.05) is 17.6 Å². The van der Waals surface area contributed by atoms with Gasteiger partial charge in [0, 0.05) is 17.1 Å². The van der Waals surface area contributed by atoms with Crippen LogP contribution in [0.5, 0.6) is 11.5 Å². The number of nitrogens with one attached hydrogen (secondary N) is 1. The van der Waals surface area contributed by atoms with Gasteiger partial charge >= 0.3 is 5.97 Å². The van der Waals surface area contributed by atoms with Crippen LogP contribution in [0.2, 0.25) is 5.02 Å². The molecule has 0 aromatic heterocycles. The number of benzene rings is 2. The molecule has 0 bridgehead atoms. The molecule has 2 aromatic rings. The summed E-state index contributed by atoms with van der Waals surface area (Å²) in [6.45, 7) is 0.147. The molecule has 3 rings (SSSR count). The standard InChI is InChI=1S/C16H14ClN3O4/c17-10-5-6-13-11(7-10)20(14(16(22)23)15(21)19-18)8-9-3-1-2-4-12(9)24-13/h1-7,14H,8,18H2,(H,19,21)(H,22,23). The molecule has 1 amide bonds. The first-order chi connectivity index (χ1) is 11.5. The summed E-state index contributed by atoms with van der Waals surface area (Å²) < 4.78 is 5.87. The van der Waals surface area contributed by atoms with Crippen LogP contribution < -0.4 is 20.9 Å². The Labute approximate surface area is 142 Å². The van der Waals surface area contributed by atoms with Crippen molar-refractivity contribution in [3.63, 3.8) is 0 Å². The van der Waals surface area contributed by atoms with Gasteiger partial charge in [0.2, 0.25) is 6.04 Å². The molecule has 1 heterocycles. The van der Waals surface area contributed by atoms with Gasteiger partial charge < -0.3 is 14.7 Å². The Kier molecular flexibility index (Phi) is 4.28. The minimum absolute atomic E-state index is 0.147. The van der Waals surface area contributed by atoms with Gasteiger partial charge in [-0.25, -0.2) is 10.6 Å². The van der Waals surface area contributed by atoms with Gasteiger partial charge in [-0.05, 0) is 24.3 Å². The maximum Gasteiger partial charge on any atom is 0.336 e. The molecular formula is C16H14ClN3O4. The largest absolute Gasteiger partial charge is 0.479 e. The number of carbonyl (C=O) groups excluding carboxylic acids is 1. The molecule has 0 aliphatic carbocycles. The zero-order chi connectivity index (χ0) is 17.3. The maximum atomic E-state index is 12.0. The molecule has 1 aliphatic heterocycles. The Hall–Kier alpha value is -2.77. The number of rotatable bonds is 3. The minimum Gasteiger partial charge on any atom is -0.479 e. The van der Waals surface area contributed by atoms with Crippen molar-refractivity contribution in [3.8, 4) is 11.5 Å². The Morgan fingerprint density at radius 3 is 2.71 bits per heavy atom. The number of carboxylic acids is 1. The summed E-state index contributed by atoms with van der Waals surface area (Å²) in [6.07, 6.45) is 0. The second-order valence-corrected chi connectivity index (χ2v) is 5.64. The number of amides is 1. The summed E-state index contributed by atoms with van der Waals surface area (Å²) in [4.78, 5) is 25.1. The van der Waals surface area contributed by atoms with Crippen molar-refractivity contribution in [1.82, 2.24) is 5.43 Å². The SMILES string of the molecule is NNC(=O)C(C(=O)O)N1Cc2ccccc2Oc2ccc(Cl)cc21. The first-order valence-corrected chi connectivity index (χ1v) is 7.44. The van der Waals surface area contributed by atoms with E-state index >= 15 is 0 Å². The van der Waals surface area contributed by atoms with Gasteiger partial charge in [0.15, 0.2) is 5.75 Å². The summed E-state index contributed by atoms with van der Waals surface area (Å²) >= 11 is 6.05. The number of hydrazine groups is 1. The molecule has 1 unspecified atom stereocenters. The Morgan fingerprint density at radius 1 is 1.25 bits per heavy atom. The molecule has 4 N–H and O–H groups in total. The van der Waals surface area contributed by atoms with E-state index < -0.39 is 17.9 Å². The first-order valence-electron chi connectivity index (χ1n) is 7.06. The fourth-order valence-electron chi connectivity index (χ4n) is 2.62. The smallest absolute Gasteiger partial charge is 0.336 e. The lowest BCUT2D eigenvalue weighted by Gasteiger charge is -2.29. The average molecular weight is 348 g/mol. The minimum atomic E-state index is -1.53. The third-order valence-corrected chi connectivity index (χ3v) is 3.93. The fraction of sp³-hybridized carbons (Fsp3) is 0.125. The molecule has 0 saturated carbocycles. The van der Waals surface area contributed by atoms with E-state index in [4.69, 9.17) is 22.2 Å². The summed E-state index contributed by atoms with van der Waals surface area (Å²) in [5.74, 6) is 3.97. The predicted octanol–water partition coefficient (Wildman–Crippen LogP) is 1.90. The first kappa shape index (κ1) is 16.1. The predicted molar refractivity (Wildman–Crippen MR) is 87.9 cm³/mol. The maximum absolute atomic E-state index is 12.0. The second kappa shape index (κ2) is 6.38. The number of fused-ring (bicyclic) bond motifs is 2. The van der Waals surface area contributed by atoms with Gasteiger partial charge in [-0.2, -0.15) is 0 Å². The van der Waals surface area contributed by atoms with Crippen LogP contribution in [0.4, 0.5) is 5.69 Å². The quantitative estimate of drug-likeness (QED) is 0.339. The molecule has 0 radical (unpaired) electrons. The molecule has 2 aromatic carbocycles. The van der Waals surface area contributed by atoms with Crippen LogP contribution in [-0.4, -0.2) is 23.0 Å². The van der Waals surface area contributed by atoms with Gasteiger partial charge in [0.25, 0.3) is 5.91 Å². The summed E-state index contributed by atoms with van der Waals surface area (Å²) in [5.41, 5.74) is 3.03. The van der Waals surface area contributed by atoms with Gasteiger partial charge in [-0.3, -0.25) is 10.2 Å². The molecule has 24 heavy (non-hydrogen) atoms. The molecule has 124 valence electrons. The fourth-order valence-corrected chi connectivity index (χ4v) is 2.79. The van der Waals surface area contributed by atoms with Crippen LogP contribution >= 0.6 is 11.6 Å². The lowest BCUT2D eigenvalue weighted by atomic mass is 10.1. The molecule has 0 saturated heterocycles. The molecule has 0 fully saturated rings. The van der Waals surface area contributed by atoms with E-state index in [9.17, 15) is 14.7 Å². The number of para-hydroxylation sites is 1. The molecule has 1 aliphatic rings. The molecule has 7 nitrogen and oxygen atoms in total. The van der Waals surface area contributed by atoms with Crippen LogP contribution in [0.25, 0.3) is 0 Å². The number of carbonyl (C=O) groups is 2. The van der Waals surface area contributed by atoms with Gasteiger partial charge in [-0.1, -0.05) is 29.8 Å². The van der Waals surface area contributed by atoms with Crippen molar-refractivity contribution in [2.75, 3.05) is 4.90 Å². The van der Waals surface area contributed by atoms with Crippen LogP contribution in [0, 0.1) is 0 Å². The summed E-state index contributed by atoms with van der Waals surface area (Å²) in [7, 11) is 0. The van der Waals surface area contributed by atoms with E-state index in [1.54, 1.807) is 30.3 Å². The number of nitrogens with two attached hydrogens (primary N) is 1. The highest BCUT2D eigenvalue weighted by Gasteiger charge is 2.36. The zero-order valence-corrected chi connectivity index (χ0v) is 13.2. The number of aliphatic carboxylic acids is 1. The van der Waals surface area contributed by atoms with Crippen molar-refractivity contribution in [2.45, 2.75) is 12.6 Å². The number of halogens is 1. The van der Waals surface area contributed by atoms with E-state index in [0.717, 1.165) is 5.56 Å². The topological polar surface area (TPSA) is 105 Å². The van der Waals surface area contributed by atoms with E-state index in [-0.39, 0.29) is 6.54 Å². The molecule has 1 atom stereocenters. The lowest BCUT2D eigenvalue weighted by molar-refractivity contribution is -0.143. The number of hydrogen-bond donors (Lipinski definition) is 3. The van der Waals surface area contributed by atoms with Crippen molar-refractivity contribution in [3.05, 3.63) is 53.1 Å². The van der Waals surface area contributed by atoms with Gasteiger partial charge in [0.05, 0.1) is 5.69 Å². The van der Waals surface area contributed by atoms with E-state index in [1.165, 1.54) is 4.90 Å². The van der Waals surface area contributed by atoms with Crippen LogP contribution in [0.3, 0.4) is 0 Å². The second-order valence-electron chi connectivity index (χ2n) is 5.20. The highest BCUT2D eigenvalue weighted by Crippen LogP contribution is 2.41. The highest BCUT2D eigenvalue weighted by atomic mass is 35.5. The molecular weight excluding hydrogens is 334 g/mol. The van der Waals surface area contributed by atoms with Crippen LogP contribution in [0.15, 0.2) is 42.5 Å². The normalized spacial score (nSPS) is 13.8.